The molecule has 2 rings (SSSR count). The first-order chi connectivity index (χ1) is 8.12. The molecule has 0 bridgehead atoms. The van der Waals surface area contributed by atoms with Crippen molar-refractivity contribution in [3.63, 3.8) is 0 Å². The summed E-state index contributed by atoms with van der Waals surface area (Å²) in [5.41, 5.74) is 0.932. The van der Waals surface area contributed by atoms with Crippen LogP contribution in [0.15, 0.2) is 46.0 Å². The van der Waals surface area contributed by atoms with Crippen molar-refractivity contribution in [3.8, 4) is 6.07 Å². The van der Waals surface area contributed by atoms with E-state index in [-0.39, 0.29) is 4.21 Å². The van der Waals surface area contributed by atoms with Crippen molar-refractivity contribution >= 4 is 27.0 Å². The average Bonchev–Trinajstić information content (AvgIpc) is 2.84. The van der Waals surface area contributed by atoms with Crippen molar-refractivity contribution in [1.82, 2.24) is 0 Å². The second kappa shape index (κ2) is 4.57. The van der Waals surface area contributed by atoms with Gasteiger partial charge in [-0.1, -0.05) is 6.07 Å². The first-order valence-electron chi connectivity index (χ1n) is 4.68. The fourth-order valence-corrected chi connectivity index (χ4v) is 3.29. The predicted molar refractivity (Wildman–Crippen MR) is 66.3 cm³/mol. The van der Waals surface area contributed by atoms with E-state index in [1.54, 1.807) is 35.7 Å². The molecule has 1 heterocycles. The fraction of sp³-hybridized carbons (Fsp3) is 0. The van der Waals surface area contributed by atoms with E-state index in [2.05, 4.69) is 4.72 Å². The first-order valence-corrected chi connectivity index (χ1v) is 7.04. The van der Waals surface area contributed by atoms with E-state index >= 15 is 0 Å². The van der Waals surface area contributed by atoms with Crippen molar-refractivity contribution in [2.75, 3.05) is 4.72 Å². The van der Waals surface area contributed by atoms with Crippen LogP contribution in [0.1, 0.15) is 5.56 Å². The zero-order valence-electron chi connectivity index (χ0n) is 8.62. The highest BCUT2D eigenvalue weighted by atomic mass is 32.2. The maximum absolute atomic E-state index is 11.9. The van der Waals surface area contributed by atoms with Gasteiger partial charge in [0.25, 0.3) is 10.0 Å². The summed E-state index contributed by atoms with van der Waals surface area (Å²) in [6, 6.07) is 11.4. The summed E-state index contributed by atoms with van der Waals surface area (Å²) >= 11 is 1.15. The summed E-state index contributed by atoms with van der Waals surface area (Å²) < 4.78 is 26.4. The number of hydrogen-bond acceptors (Lipinski definition) is 4. The smallest absolute Gasteiger partial charge is 0.271 e. The Balaban J connectivity index is 2.24. The van der Waals surface area contributed by atoms with Gasteiger partial charge in [0, 0.05) is 5.69 Å². The zero-order valence-corrected chi connectivity index (χ0v) is 10.3. The highest BCUT2D eigenvalue weighted by molar-refractivity contribution is 7.94. The number of anilines is 1. The van der Waals surface area contributed by atoms with Crippen LogP contribution in [0.3, 0.4) is 0 Å². The van der Waals surface area contributed by atoms with Gasteiger partial charge in [-0.15, -0.1) is 11.3 Å². The van der Waals surface area contributed by atoms with Crippen LogP contribution in [-0.2, 0) is 10.0 Å². The number of thiophene rings is 1. The normalized spacial score (nSPS) is 10.8. The highest BCUT2D eigenvalue weighted by Crippen LogP contribution is 2.20. The molecule has 1 aromatic carbocycles. The van der Waals surface area contributed by atoms with Crippen LogP contribution in [0, 0.1) is 11.3 Å². The summed E-state index contributed by atoms with van der Waals surface area (Å²) in [4.78, 5) is 0. The van der Waals surface area contributed by atoms with E-state index in [0.717, 1.165) is 11.3 Å². The van der Waals surface area contributed by atoms with Crippen molar-refractivity contribution in [2.45, 2.75) is 4.21 Å². The number of hydrogen-bond donors (Lipinski definition) is 1. The van der Waals surface area contributed by atoms with Gasteiger partial charge in [-0.25, -0.2) is 8.42 Å². The molecule has 0 aliphatic carbocycles. The van der Waals surface area contributed by atoms with E-state index < -0.39 is 10.0 Å². The minimum Gasteiger partial charge on any atom is -0.279 e. The molecule has 86 valence electrons. The Morgan fingerprint density at radius 2 is 1.88 bits per heavy atom. The Bertz CT molecular complexity index is 638. The van der Waals surface area contributed by atoms with E-state index in [9.17, 15) is 8.42 Å². The molecule has 2 aromatic rings. The van der Waals surface area contributed by atoms with Gasteiger partial charge >= 0.3 is 0 Å². The molecule has 0 aliphatic heterocycles. The Morgan fingerprint density at radius 1 is 1.18 bits per heavy atom. The Kier molecular flexibility index (Phi) is 3.13. The van der Waals surface area contributed by atoms with E-state index in [1.807, 2.05) is 6.07 Å². The SMILES string of the molecule is N#Cc1ccc(NS(=O)(=O)c2cccs2)cc1. The molecule has 0 fully saturated rings. The molecule has 0 saturated carbocycles. The third-order valence-corrected chi connectivity index (χ3v) is 4.80. The van der Waals surface area contributed by atoms with Gasteiger partial charge < -0.3 is 0 Å². The minimum atomic E-state index is -3.50. The maximum Gasteiger partial charge on any atom is 0.271 e. The Hall–Kier alpha value is -1.84. The van der Waals surface area contributed by atoms with Gasteiger partial charge in [0.15, 0.2) is 0 Å². The molecule has 1 aromatic heterocycles. The zero-order chi connectivity index (χ0) is 12.3. The molecule has 17 heavy (non-hydrogen) atoms. The molecule has 4 nitrogen and oxygen atoms in total. The summed E-state index contributed by atoms with van der Waals surface area (Å²) in [5.74, 6) is 0. The van der Waals surface area contributed by atoms with Crippen LogP contribution < -0.4 is 4.72 Å². The fourth-order valence-electron chi connectivity index (χ4n) is 1.23. The largest absolute Gasteiger partial charge is 0.279 e. The second-order valence-corrected chi connectivity index (χ2v) is 6.08. The summed E-state index contributed by atoms with van der Waals surface area (Å²) in [6.45, 7) is 0. The van der Waals surface area contributed by atoms with Crippen LogP contribution in [0.5, 0.6) is 0 Å². The van der Waals surface area contributed by atoms with Gasteiger partial charge in [-0.3, -0.25) is 4.72 Å². The average molecular weight is 264 g/mol. The van der Waals surface area contributed by atoms with Crippen molar-refractivity contribution < 1.29 is 8.42 Å². The molecular weight excluding hydrogens is 256 g/mol. The lowest BCUT2D eigenvalue weighted by atomic mass is 10.2. The molecule has 0 spiro atoms. The van der Waals surface area contributed by atoms with Crippen molar-refractivity contribution in [1.29, 1.82) is 5.26 Å². The molecule has 0 unspecified atom stereocenters. The number of nitrogens with one attached hydrogen (secondary N) is 1. The van der Waals surface area contributed by atoms with Crippen molar-refractivity contribution in [2.24, 2.45) is 0 Å². The van der Waals surface area contributed by atoms with Crippen LogP contribution in [0.2, 0.25) is 0 Å². The van der Waals surface area contributed by atoms with Gasteiger partial charge in [0.1, 0.15) is 4.21 Å². The summed E-state index contributed by atoms with van der Waals surface area (Å²) in [7, 11) is -3.50. The third-order valence-electron chi connectivity index (χ3n) is 2.03. The third kappa shape index (κ3) is 2.64. The quantitative estimate of drug-likeness (QED) is 0.925. The number of benzene rings is 1. The van der Waals surface area contributed by atoms with Crippen LogP contribution in [0.25, 0.3) is 0 Å². The molecule has 0 aliphatic rings. The number of nitrogens with zero attached hydrogens (tertiary/aromatic N) is 1. The number of sulfonamides is 1. The highest BCUT2D eigenvalue weighted by Gasteiger charge is 2.14. The summed E-state index contributed by atoms with van der Waals surface area (Å²) in [5, 5.41) is 10.3. The number of rotatable bonds is 3. The van der Waals surface area contributed by atoms with E-state index in [1.165, 1.54) is 6.07 Å². The topological polar surface area (TPSA) is 70.0 Å². The second-order valence-electron chi connectivity index (χ2n) is 3.23. The Labute approximate surface area is 103 Å². The molecule has 6 heteroatoms. The maximum atomic E-state index is 11.9. The predicted octanol–water partition coefficient (Wildman–Crippen LogP) is 2.42. The van der Waals surface area contributed by atoms with E-state index in [4.69, 9.17) is 5.26 Å². The van der Waals surface area contributed by atoms with Crippen LogP contribution in [0.4, 0.5) is 5.69 Å². The molecule has 0 atom stereocenters. The summed E-state index contributed by atoms with van der Waals surface area (Å²) in [6.07, 6.45) is 0. The molecule has 0 saturated heterocycles. The lowest BCUT2D eigenvalue weighted by Crippen LogP contribution is -2.11. The molecular formula is C11H8N2O2S2. The lowest BCUT2D eigenvalue weighted by molar-refractivity contribution is 0.603. The van der Waals surface area contributed by atoms with E-state index in [0.29, 0.717) is 11.3 Å². The molecule has 0 radical (unpaired) electrons. The first kappa shape index (κ1) is 11.6. The lowest BCUT2D eigenvalue weighted by Gasteiger charge is -2.05. The Morgan fingerprint density at radius 3 is 2.41 bits per heavy atom. The van der Waals surface area contributed by atoms with Gasteiger partial charge in [0.2, 0.25) is 0 Å². The molecule has 0 amide bonds. The number of nitriles is 1. The van der Waals surface area contributed by atoms with Crippen molar-refractivity contribution in [3.05, 3.63) is 47.3 Å². The van der Waals surface area contributed by atoms with Crippen LogP contribution in [-0.4, -0.2) is 8.42 Å². The minimum absolute atomic E-state index is 0.266. The standard InChI is InChI=1S/C11H8N2O2S2/c12-8-9-3-5-10(6-4-9)13-17(14,15)11-2-1-7-16-11/h1-7,13H. The van der Waals surface area contributed by atoms with Gasteiger partial charge in [-0.05, 0) is 35.7 Å². The van der Waals surface area contributed by atoms with Gasteiger partial charge in [-0.2, -0.15) is 5.26 Å². The van der Waals surface area contributed by atoms with Crippen LogP contribution >= 0.6 is 11.3 Å². The monoisotopic (exact) mass is 264 g/mol. The van der Waals surface area contributed by atoms with Gasteiger partial charge in [0.05, 0.1) is 11.6 Å². The molecule has 1 N–H and O–H groups in total.